The summed E-state index contributed by atoms with van der Waals surface area (Å²) in [5.41, 5.74) is 7.36. The molecule has 0 aliphatic heterocycles. The Morgan fingerprint density at radius 1 is 1.21 bits per heavy atom. The summed E-state index contributed by atoms with van der Waals surface area (Å²) < 4.78 is 10.3. The minimum Gasteiger partial charge on any atom is -0.497 e. The third kappa shape index (κ3) is 4.82. The lowest BCUT2D eigenvalue weighted by atomic mass is 9.99. The van der Waals surface area contributed by atoms with Crippen LogP contribution in [0, 0.1) is 0 Å². The van der Waals surface area contributed by atoms with Crippen molar-refractivity contribution in [3.8, 4) is 5.75 Å². The summed E-state index contributed by atoms with van der Waals surface area (Å²) in [4.78, 5) is 2.28. The zero-order valence-corrected chi connectivity index (χ0v) is 12.4. The number of likely N-dealkylation sites (N-methyl/N-ethyl adjacent to an activating group) is 1. The van der Waals surface area contributed by atoms with E-state index in [-0.39, 0.29) is 12.1 Å². The summed E-state index contributed by atoms with van der Waals surface area (Å²) in [6, 6.07) is 8.41. The third-order valence-electron chi connectivity index (χ3n) is 3.29. The Morgan fingerprint density at radius 3 is 2.32 bits per heavy atom. The average molecular weight is 266 g/mol. The largest absolute Gasteiger partial charge is 0.497 e. The van der Waals surface area contributed by atoms with Gasteiger partial charge in [0.15, 0.2) is 0 Å². The Bertz CT molecular complexity index is 352. The van der Waals surface area contributed by atoms with Crippen LogP contribution in [0.2, 0.25) is 0 Å². The summed E-state index contributed by atoms with van der Waals surface area (Å²) in [6.45, 7) is 3.78. The van der Waals surface area contributed by atoms with E-state index in [1.54, 1.807) is 14.2 Å². The Balaban J connectivity index is 2.74. The van der Waals surface area contributed by atoms with Gasteiger partial charge in [-0.05, 0) is 38.1 Å². The van der Waals surface area contributed by atoms with Crippen molar-refractivity contribution in [1.29, 1.82) is 0 Å². The van der Waals surface area contributed by atoms with Crippen molar-refractivity contribution in [3.05, 3.63) is 29.8 Å². The van der Waals surface area contributed by atoms with Crippen molar-refractivity contribution in [1.82, 2.24) is 4.90 Å². The number of ether oxygens (including phenoxy) is 2. The second-order valence-electron chi connectivity index (χ2n) is 4.90. The van der Waals surface area contributed by atoms with Crippen molar-refractivity contribution < 1.29 is 9.47 Å². The molecule has 0 aliphatic carbocycles. The van der Waals surface area contributed by atoms with Gasteiger partial charge in [0.1, 0.15) is 5.75 Å². The molecule has 4 heteroatoms. The Labute approximate surface area is 116 Å². The molecule has 0 aromatic heterocycles. The first kappa shape index (κ1) is 16.0. The van der Waals surface area contributed by atoms with Crippen molar-refractivity contribution in [3.63, 3.8) is 0 Å². The van der Waals surface area contributed by atoms with Crippen LogP contribution in [0.3, 0.4) is 0 Å². The zero-order chi connectivity index (χ0) is 14.3. The molecule has 0 amide bonds. The fourth-order valence-corrected chi connectivity index (χ4v) is 2.36. The van der Waals surface area contributed by atoms with Crippen molar-refractivity contribution in [2.75, 3.05) is 34.4 Å². The molecule has 0 fully saturated rings. The number of nitrogens with zero attached hydrogens (tertiary/aromatic N) is 1. The molecule has 0 bridgehead atoms. The molecule has 0 saturated heterocycles. The first-order valence-electron chi connectivity index (χ1n) is 6.68. The van der Waals surface area contributed by atoms with Crippen LogP contribution in [0.1, 0.15) is 24.9 Å². The van der Waals surface area contributed by atoms with E-state index < -0.39 is 0 Å². The number of methoxy groups -OCH3 is 2. The number of rotatable bonds is 8. The first-order chi connectivity index (χ1) is 9.10. The van der Waals surface area contributed by atoms with Gasteiger partial charge < -0.3 is 15.2 Å². The minimum atomic E-state index is 0.0703. The lowest BCUT2D eigenvalue weighted by Gasteiger charge is -2.31. The molecule has 108 valence electrons. The fourth-order valence-electron chi connectivity index (χ4n) is 2.36. The summed E-state index contributed by atoms with van der Waals surface area (Å²) in [5.74, 6) is 0.870. The van der Waals surface area contributed by atoms with Crippen LogP contribution in [0.15, 0.2) is 24.3 Å². The molecule has 19 heavy (non-hydrogen) atoms. The van der Waals surface area contributed by atoms with Gasteiger partial charge in [-0.1, -0.05) is 12.1 Å². The molecule has 1 aromatic carbocycles. The lowest BCUT2D eigenvalue weighted by molar-refractivity contribution is 0.158. The van der Waals surface area contributed by atoms with Gasteiger partial charge in [-0.15, -0.1) is 0 Å². The summed E-state index contributed by atoms with van der Waals surface area (Å²) in [5, 5.41) is 0. The average Bonchev–Trinajstić information content (AvgIpc) is 2.39. The highest BCUT2D eigenvalue weighted by molar-refractivity contribution is 5.29. The van der Waals surface area contributed by atoms with Crippen LogP contribution in [-0.2, 0) is 4.74 Å². The predicted molar refractivity (Wildman–Crippen MR) is 78.5 cm³/mol. The molecule has 2 atom stereocenters. The minimum absolute atomic E-state index is 0.0703. The van der Waals surface area contributed by atoms with E-state index in [1.807, 2.05) is 19.1 Å². The molecular weight excluding hydrogens is 240 g/mol. The van der Waals surface area contributed by atoms with Crippen LogP contribution in [0.5, 0.6) is 5.75 Å². The van der Waals surface area contributed by atoms with Crippen LogP contribution in [0.25, 0.3) is 0 Å². The van der Waals surface area contributed by atoms with E-state index in [0.29, 0.717) is 0 Å². The Kier molecular flexibility index (Phi) is 6.84. The van der Waals surface area contributed by atoms with Crippen LogP contribution in [-0.4, -0.2) is 45.4 Å². The van der Waals surface area contributed by atoms with Crippen molar-refractivity contribution in [2.24, 2.45) is 5.73 Å². The standard InChI is InChI=1S/C15H26N2O2/c1-12(16)15(17(2)10-5-11-18-3)13-6-8-14(19-4)9-7-13/h6-9,12,15H,5,10-11,16H2,1-4H3. The maximum absolute atomic E-state index is 6.14. The molecule has 2 N–H and O–H groups in total. The summed E-state index contributed by atoms with van der Waals surface area (Å²) >= 11 is 0. The van der Waals surface area contributed by atoms with Crippen molar-refractivity contribution >= 4 is 0 Å². The van der Waals surface area contributed by atoms with Gasteiger partial charge in [-0.3, -0.25) is 4.90 Å². The third-order valence-corrected chi connectivity index (χ3v) is 3.29. The van der Waals surface area contributed by atoms with Crippen LogP contribution in [0.4, 0.5) is 0 Å². The zero-order valence-electron chi connectivity index (χ0n) is 12.4. The second kappa shape index (κ2) is 8.15. The quantitative estimate of drug-likeness (QED) is 0.732. The molecule has 1 aromatic rings. The van der Waals surface area contributed by atoms with E-state index in [1.165, 1.54) is 5.56 Å². The monoisotopic (exact) mass is 266 g/mol. The molecule has 0 aliphatic rings. The number of benzene rings is 1. The predicted octanol–water partition coefficient (Wildman–Crippen LogP) is 2.05. The SMILES string of the molecule is COCCCN(C)C(c1ccc(OC)cc1)C(C)N. The maximum Gasteiger partial charge on any atom is 0.118 e. The van der Waals surface area contributed by atoms with Crippen LogP contribution >= 0.6 is 0 Å². The second-order valence-corrected chi connectivity index (χ2v) is 4.90. The van der Waals surface area contributed by atoms with Gasteiger partial charge in [-0.2, -0.15) is 0 Å². The first-order valence-corrected chi connectivity index (χ1v) is 6.68. The van der Waals surface area contributed by atoms with Gasteiger partial charge in [0.25, 0.3) is 0 Å². The van der Waals surface area contributed by atoms with Gasteiger partial charge in [0, 0.05) is 32.3 Å². The molecule has 2 unspecified atom stereocenters. The molecule has 4 nitrogen and oxygen atoms in total. The molecule has 0 saturated carbocycles. The van der Waals surface area contributed by atoms with Gasteiger partial charge in [0.05, 0.1) is 7.11 Å². The summed E-state index contributed by atoms with van der Waals surface area (Å²) in [7, 11) is 5.51. The van der Waals surface area contributed by atoms with E-state index in [0.717, 1.165) is 25.3 Å². The molecular formula is C15H26N2O2. The topological polar surface area (TPSA) is 47.7 Å². The molecule has 0 radical (unpaired) electrons. The summed E-state index contributed by atoms with van der Waals surface area (Å²) in [6.07, 6.45) is 1.01. The van der Waals surface area contributed by atoms with Gasteiger partial charge in [0.2, 0.25) is 0 Å². The van der Waals surface area contributed by atoms with E-state index in [2.05, 4.69) is 24.1 Å². The lowest BCUT2D eigenvalue weighted by Crippen LogP contribution is -2.38. The molecule has 0 heterocycles. The van der Waals surface area contributed by atoms with Gasteiger partial charge >= 0.3 is 0 Å². The smallest absolute Gasteiger partial charge is 0.118 e. The number of nitrogens with two attached hydrogens (primary N) is 1. The highest BCUT2D eigenvalue weighted by Crippen LogP contribution is 2.24. The molecule has 0 spiro atoms. The van der Waals surface area contributed by atoms with Crippen LogP contribution < -0.4 is 10.5 Å². The number of hydrogen-bond acceptors (Lipinski definition) is 4. The molecule has 1 rings (SSSR count). The maximum atomic E-state index is 6.14. The normalized spacial score (nSPS) is 14.4. The Morgan fingerprint density at radius 2 is 1.84 bits per heavy atom. The van der Waals surface area contributed by atoms with Crippen molar-refractivity contribution in [2.45, 2.75) is 25.4 Å². The fraction of sp³-hybridized carbons (Fsp3) is 0.600. The highest BCUT2D eigenvalue weighted by atomic mass is 16.5. The number of hydrogen-bond donors (Lipinski definition) is 1. The van der Waals surface area contributed by atoms with E-state index in [9.17, 15) is 0 Å². The Hall–Kier alpha value is -1.10. The van der Waals surface area contributed by atoms with E-state index >= 15 is 0 Å². The van der Waals surface area contributed by atoms with Gasteiger partial charge in [-0.25, -0.2) is 0 Å². The highest BCUT2D eigenvalue weighted by Gasteiger charge is 2.20. The van der Waals surface area contributed by atoms with E-state index in [4.69, 9.17) is 15.2 Å².